The van der Waals surface area contributed by atoms with Gasteiger partial charge in [0.1, 0.15) is 0 Å². The number of carbonyl (C=O) groups excluding carboxylic acids is 2. The zero-order valence-electron chi connectivity index (χ0n) is 16.7. The fraction of sp³-hybridized carbons (Fsp3) is 0.600. The van der Waals surface area contributed by atoms with E-state index in [1.807, 2.05) is 56.9 Å². The van der Waals surface area contributed by atoms with E-state index >= 15 is 0 Å². The second-order valence-electron chi connectivity index (χ2n) is 8.11. The lowest BCUT2D eigenvalue weighted by Gasteiger charge is -2.35. The van der Waals surface area contributed by atoms with E-state index in [1.165, 1.54) is 0 Å². The third-order valence-corrected chi connectivity index (χ3v) is 4.79. The molecule has 2 N–H and O–H groups in total. The van der Waals surface area contributed by atoms with Crippen LogP contribution in [-0.2, 0) is 9.59 Å². The highest BCUT2D eigenvalue weighted by Crippen LogP contribution is 2.16. The zero-order valence-corrected chi connectivity index (χ0v) is 17.5. The van der Waals surface area contributed by atoms with Gasteiger partial charge in [0.05, 0.1) is 13.1 Å². The van der Waals surface area contributed by atoms with Gasteiger partial charge < -0.3 is 15.5 Å². The molecule has 0 radical (unpaired) electrons. The first-order valence-electron chi connectivity index (χ1n) is 9.44. The highest BCUT2D eigenvalue weighted by molar-refractivity contribution is 6.30. The topological polar surface area (TPSA) is 64.7 Å². The number of amides is 2. The predicted molar refractivity (Wildman–Crippen MR) is 109 cm³/mol. The van der Waals surface area contributed by atoms with Gasteiger partial charge in [0, 0.05) is 42.8 Å². The van der Waals surface area contributed by atoms with Gasteiger partial charge >= 0.3 is 0 Å². The van der Waals surface area contributed by atoms with Crippen LogP contribution in [0.5, 0.6) is 0 Å². The molecule has 1 saturated heterocycles. The Morgan fingerprint density at radius 2 is 1.70 bits per heavy atom. The van der Waals surface area contributed by atoms with E-state index in [9.17, 15) is 9.59 Å². The average molecular weight is 395 g/mol. The molecule has 150 valence electrons. The Kier molecular flexibility index (Phi) is 7.65. The molecule has 0 spiro atoms. The lowest BCUT2D eigenvalue weighted by molar-refractivity contribution is -0.132. The molecule has 1 aliphatic rings. The summed E-state index contributed by atoms with van der Waals surface area (Å²) in [5.74, 6) is 0.121. The SMILES string of the molecule is C[C@H](NCC(=O)N1CCN(CC(=O)NC(C)(C)C)CC1)c1ccc(Cl)cc1. The maximum atomic E-state index is 12.4. The fourth-order valence-corrected chi connectivity index (χ4v) is 3.16. The van der Waals surface area contributed by atoms with Gasteiger partial charge in [-0.15, -0.1) is 0 Å². The molecule has 1 fully saturated rings. The molecule has 6 nitrogen and oxygen atoms in total. The smallest absolute Gasteiger partial charge is 0.236 e. The minimum Gasteiger partial charge on any atom is -0.350 e. The summed E-state index contributed by atoms with van der Waals surface area (Å²) in [6.45, 7) is 11.4. The Balaban J connectivity index is 1.71. The standard InChI is InChI=1S/C20H31ClN4O2/c1-15(16-5-7-17(21)8-6-16)22-13-19(27)25-11-9-24(10-12-25)14-18(26)23-20(2,3)4/h5-8,15,22H,9-14H2,1-4H3,(H,23,26)/t15-/m0/s1. The van der Waals surface area contributed by atoms with Crippen molar-refractivity contribution in [2.75, 3.05) is 39.3 Å². The quantitative estimate of drug-likeness (QED) is 0.775. The lowest BCUT2D eigenvalue weighted by atomic mass is 10.1. The van der Waals surface area contributed by atoms with E-state index in [0.29, 0.717) is 31.2 Å². The molecule has 0 aliphatic carbocycles. The van der Waals surface area contributed by atoms with Crippen molar-refractivity contribution in [3.05, 3.63) is 34.9 Å². The van der Waals surface area contributed by atoms with Crippen molar-refractivity contribution < 1.29 is 9.59 Å². The highest BCUT2D eigenvalue weighted by atomic mass is 35.5. The van der Waals surface area contributed by atoms with Gasteiger partial charge in [-0.2, -0.15) is 0 Å². The average Bonchev–Trinajstić information content (AvgIpc) is 2.59. The summed E-state index contributed by atoms with van der Waals surface area (Å²) in [5, 5.41) is 6.95. The molecule has 27 heavy (non-hydrogen) atoms. The largest absolute Gasteiger partial charge is 0.350 e. The molecule has 1 aromatic rings. The Bertz CT molecular complexity index is 634. The van der Waals surface area contributed by atoms with E-state index in [1.54, 1.807) is 0 Å². The Hall–Kier alpha value is -1.63. The van der Waals surface area contributed by atoms with Gasteiger partial charge in [-0.25, -0.2) is 0 Å². The van der Waals surface area contributed by atoms with Gasteiger partial charge in [-0.3, -0.25) is 14.5 Å². The van der Waals surface area contributed by atoms with E-state index in [4.69, 9.17) is 11.6 Å². The van der Waals surface area contributed by atoms with Crippen molar-refractivity contribution >= 4 is 23.4 Å². The first-order chi connectivity index (χ1) is 12.6. The summed E-state index contributed by atoms with van der Waals surface area (Å²) in [6.07, 6.45) is 0. The Morgan fingerprint density at radius 3 is 2.26 bits per heavy atom. The van der Waals surface area contributed by atoms with Crippen LogP contribution in [0.25, 0.3) is 0 Å². The van der Waals surface area contributed by atoms with E-state index < -0.39 is 0 Å². The van der Waals surface area contributed by atoms with Gasteiger partial charge in [0.2, 0.25) is 11.8 Å². The second kappa shape index (κ2) is 9.53. The van der Waals surface area contributed by atoms with Gasteiger partial charge in [-0.05, 0) is 45.4 Å². The number of hydrogen-bond acceptors (Lipinski definition) is 4. The Labute approximate surface area is 167 Å². The van der Waals surface area contributed by atoms with E-state index in [0.717, 1.165) is 18.7 Å². The molecule has 0 saturated carbocycles. The summed E-state index contributed by atoms with van der Waals surface area (Å²) >= 11 is 5.91. The van der Waals surface area contributed by atoms with Crippen molar-refractivity contribution in [3.8, 4) is 0 Å². The zero-order chi connectivity index (χ0) is 20.0. The van der Waals surface area contributed by atoms with Crippen LogP contribution in [0.4, 0.5) is 0 Å². The first-order valence-corrected chi connectivity index (χ1v) is 9.82. The van der Waals surface area contributed by atoms with Crippen molar-refractivity contribution in [2.24, 2.45) is 0 Å². The molecule has 1 atom stereocenters. The molecule has 1 aliphatic heterocycles. The molecule has 1 aromatic carbocycles. The number of hydrogen-bond donors (Lipinski definition) is 2. The number of rotatable bonds is 6. The lowest BCUT2D eigenvalue weighted by Crippen LogP contribution is -2.54. The van der Waals surface area contributed by atoms with Crippen LogP contribution in [0, 0.1) is 0 Å². The number of halogens is 1. The van der Waals surface area contributed by atoms with Gasteiger partial charge in [0.15, 0.2) is 0 Å². The van der Waals surface area contributed by atoms with Crippen LogP contribution in [0.1, 0.15) is 39.3 Å². The van der Waals surface area contributed by atoms with Crippen LogP contribution < -0.4 is 10.6 Å². The molecule has 0 bridgehead atoms. The van der Waals surface area contributed by atoms with E-state index in [-0.39, 0.29) is 23.4 Å². The third-order valence-electron chi connectivity index (χ3n) is 4.54. The first kappa shape index (κ1) is 21.7. The van der Waals surface area contributed by atoms with E-state index in [2.05, 4.69) is 15.5 Å². The minimum absolute atomic E-state index is 0.0285. The van der Waals surface area contributed by atoms with Crippen LogP contribution in [0.3, 0.4) is 0 Å². The maximum Gasteiger partial charge on any atom is 0.236 e. The summed E-state index contributed by atoms with van der Waals surface area (Å²) < 4.78 is 0. The summed E-state index contributed by atoms with van der Waals surface area (Å²) in [7, 11) is 0. The number of nitrogens with one attached hydrogen (secondary N) is 2. The number of benzene rings is 1. The molecule has 0 aromatic heterocycles. The number of nitrogens with zero attached hydrogens (tertiary/aromatic N) is 2. The summed E-state index contributed by atoms with van der Waals surface area (Å²) in [4.78, 5) is 28.4. The highest BCUT2D eigenvalue weighted by Gasteiger charge is 2.23. The molecule has 2 rings (SSSR count). The van der Waals surface area contributed by atoms with Crippen LogP contribution in [0.15, 0.2) is 24.3 Å². The van der Waals surface area contributed by atoms with Gasteiger partial charge in [0.25, 0.3) is 0 Å². The Morgan fingerprint density at radius 1 is 1.11 bits per heavy atom. The van der Waals surface area contributed by atoms with Crippen molar-refractivity contribution in [2.45, 2.75) is 39.3 Å². The molecule has 2 amide bonds. The summed E-state index contributed by atoms with van der Waals surface area (Å²) in [6, 6.07) is 7.71. The molecular weight excluding hydrogens is 364 g/mol. The van der Waals surface area contributed by atoms with Crippen molar-refractivity contribution in [3.63, 3.8) is 0 Å². The third kappa shape index (κ3) is 7.48. The normalized spacial score (nSPS) is 16.9. The minimum atomic E-state index is -0.221. The van der Waals surface area contributed by atoms with Gasteiger partial charge in [-0.1, -0.05) is 23.7 Å². The summed E-state index contributed by atoms with van der Waals surface area (Å²) in [5.41, 5.74) is 0.878. The molecule has 7 heteroatoms. The van der Waals surface area contributed by atoms with Crippen LogP contribution in [-0.4, -0.2) is 66.4 Å². The fourth-order valence-electron chi connectivity index (χ4n) is 3.04. The molecular formula is C20H31ClN4O2. The second-order valence-corrected chi connectivity index (χ2v) is 8.55. The molecule has 0 unspecified atom stereocenters. The number of carbonyl (C=O) groups is 2. The molecule has 1 heterocycles. The predicted octanol–water partition coefficient (Wildman–Crippen LogP) is 2.05. The monoisotopic (exact) mass is 394 g/mol. The maximum absolute atomic E-state index is 12.4. The van der Waals surface area contributed by atoms with Crippen molar-refractivity contribution in [1.29, 1.82) is 0 Å². The van der Waals surface area contributed by atoms with Crippen molar-refractivity contribution in [1.82, 2.24) is 20.4 Å². The van der Waals surface area contributed by atoms with Crippen LogP contribution >= 0.6 is 11.6 Å². The number of piperazine rings is 1. The van der Waals surface area contributed by atoms with Crippen LogP contribution in [0.2, 0.25) is 5.02 Å².